The number of nitrogens with one attached hydrogen (secondary N) is 2. The molecule has 4 aromatic rings. The number of para-hydroxylation sites is 1. The highest BCUT2D eigenvalue weighted by atomic mass is 79.9. The molecule has 0 bridgehead atoms. The molecule has 0 aromatic heterocycles. The molecule has 0 aliphatic heterocycles. The lowest BCUT2D eigenvalue weighted by atomic mass is 10.1. The summed E-state index contributed by atoms with van der Waals surface area (Å²) >= 11 is 3.31. The third kappa shape index (κ3) is 6.86. The molecule has 4 rings (SSSR count). The minimum absolute atomic E-state index is 0.00794. The van der Waals surface area contributed by atoms with Crippen LogP contribution in [-0.4, -0.2) is 29.3 Å². The standard InChI is InChI=1S/C28H26BrN3O5S2/c1-2-21-8-6-7-11-27(21)32(39(36,37)26-9-4-3-5-10-26)20-28(33)30-23-16-18-25(19-17-23)38(34,35)31-24-14-12-22(29)13-15-24/h3-19,31H,2,20H2,1H3,(H,30,33). The number of benzene rings is 4. The summed E-state index contributed by atoms with van der Waals surface area (Å²) in [7, 11) is -7.90. The fraction of sp³-hybridized carbons (Fsp3) is 0.107. The molecule has 0 aliphatic carbocycles. The highest BCUT2D eigenvalue weighted by molar-refractivity contribution is 9.10. The van der Waals surface area contributed by atoms with E-state index in [1.165, 1.54) is 36.4 Å². The van der Waals surface area contributed by atoms with Crippen LogP contribution in [0.3, 0.4) is 0 Å². The van der Waals surface area contributed by atoms with E-state index in [0.717, 1.165) is 14.3 Å². The maximum Gasteiger partial charge on any atom is 0.264 e. The Kier molecular flexibility index (Phi) is 8.73. The van der Waals surface area contributed by atoms with E-state index in [9.17, 15) is 21.6 Å². The van der Waals surface area contributed by atoms with Crippen molar-refractivity contribution in [2.24, 2.45) is 0 Å². The molecule has 0 saturated carbocycles. The summed E-state index contributed by atoms with van der Waals surface area (Å²) in [6, 6.07) is 27.3. The van der Waals surface area contributed by atoms with Crippen LogP contribution in [0.2, 0.25) is 0 Å². The highest BCUT2D eigenvalue weighted by Crippen LogP contribution is 2.28. The number of amides is 1. The molecule has 0 heterocycles. The summed E-state index contributed by atoms with van der Waals surface area (Å²) in [5.74, 6) is -0.580. The van der Waals surface area contributed by atoms with Crippen molar-refractivity contribution < 1.29 is 21.6 Å². The number of hydrogen-bond acceptors (Lipinski definition) is 5. The number of sulfonamides is 2. The van der Waals surface area contributed by atoms with Gasteiger partial charge in [0.25, 0.3) is 20.0 Å². The largest absolute Gasteiger partial charge is 0.325 e. The molecular weight excluding hydrogens is 602 g/mol. The lowest BCUT2D eigenvalue weighted by molar-refractivity contribution is -0.114. The molecule has 0 saturated heterocycles. The van der Waals surface area contributed by atoms with Crippen molar-refractivity contribution in [2.75, 3.05) is 20.9 Å². The monoisotopic (exact) mass is 627 g/mol. The van der Waals surface area contributed by atoms with E-state index >= 15 is 0 Å². The lowest BCUT2D eigenvalue weighted by Gasteiger charge is -2.26. The predicted octanol–water partition coefficient (Wildman–Crippen LogP) is 5.65. The summed E-state index contributed by atoms with van der Waals surface area (Å²) in [4.78, 5) is 13.1. The minimum Gasteiger partial charge on any atom is -0.325 e. The molecule has 8 nitrogen and oxygen atoms in total. The van der Waals surface area contributed by atoms with Crippen LogP contribution in [-0.2, 0) is 31.3 Å². The van der Waals surface area contributed by atoms with Crippen LogP contribution in [0.1, 0.15) is 12.5 Å². The average molecular weight is 629 g/mol. The van der Waals surface area contributed by atoms with E-state index in [0.29, 0.717) is 23.5 Å². The number of rotatable bonds is 10. The number of halogens is 1. The Morgan fingerprint density at radius 3 is 1.97 bits per heavy atom. The van der Waals surface area contributed by atoms with E-state index in [-0.39, 0.29) is 9.79 Å². The second-order valence-electron chi connectivity index (χ2n) is 8.49. The number of anilines is 3. The van der Waals surface area contributed by atoms with Crippen molar-refractivity contribution >= 4 is 58.9 Å². The van der Waals surface area contributed by atoms with Crippen molar-refractivity contribution in [3.8, 4) is 0 Å². The summed E-state index contributed by atoms with van der Waals surface area (Å²) < 4.78 is 57.1. The topological polar surface area (TPSA) is 113 Å². The molecule has 0 aliphatic rings. The van der Waals surface area contributed by atoms with Gasteiger partial charge in [-0.05, 0) is 78.7 Å². The Balaban J connectivity index is 1.54. The van der Waals surface area contributed by atoms with Gasteiger partial charge < -0.3 is 5.32 Å². The molecule has 0 unspecified atom stereocenters. The molecule has 4 aromatic carbocycles. The normalized spacial score (nSPS) is 11.5. The predicted molar refractivity (Wildman–Crippen MR) is 157 cm³/mol. The summed E-state index contributed by atoms with van der Waals surface area (Å²) in [5, 5.41) is 2.67. The molecule has 2 N–H and O–H groups in total. The summed E-state index contributed by atoms with van der Waals surface area (Å²) in [6.07, 6.45) is 0.572. The zero-order chi connectivity index (χ0) is 28.0. The number of nitrogens with zero attached hydrogens (tertiary/aromatic N) is 1. The molecule has 39 heavy (non-hydrogen) atoms. The minimum atomic E-state index is -4.05. The summed E-state index contributed by atoms with van der Waals surface area (Å²) in [5.41, 5.74) is 1.92. The van der Waals surface area contributed by atoms with Gasteiger partial charge in [-0.25, -0.2) is 16.8 Å². The molecule has 1 amide bonds. The van der Waals surface area contributed by atoms with Crippen LogP contribution in [0.15, 0.2) is 117 Å². The fourth-order valence-corrected chi connectivity index (χ4v) is 6.66. The van der Waals surface area contributed by atoms with Gasteiger partial charge in [-0.2, -0.15) is 0 Å². The second kappa shape index (κ2) is 12.0. The van der Waals surface area contributed by atoms with Crippen molar-refractivity contribution in [3.05, 3.63) is 113 Å². The first kappa shape index (κ1) is 28.3. The van der Waals surface area contributed by atoms with Crippen LogP contribution >= 0.6 is 15.9 Å². The molecule has 0 spiro atoms. The van der Waals surface area contributed by atoms with E-state index < -0.39 is 32.5 Å². The van der Waals surface area contributed by atoms with Gasteiger partial charge >= 0.3 is 0 Å². The van der Waals surface area contributed by atoms with E-state index in [2.05, 4.69) is 26.0 Å². The number of hydrogen-bond donors (Lipinski definition) is 2. The third-order valence-electron chi connectivity index (χ3n) is 5.80. The number of carbonyl (C=O) groups is 1. The first-order valence-electron chi connectivity index (χ1n) is 11.9. The van der Waals surface area contributed by atoms with E-state index in [1.807, 2.05) is 19.1 Å². The Morgan fingerprint density at radius 1 is 0.744 bits per heavy atom. The summed E-state index contributed by atoms with van der Waals surface area (Å²) in [6.45, 7) is 1.44. The van der Waals surface area contributed by atoms with E-state index in [1.54, 1.807) is 54.6 Å². The molecule has 0 fully saturated rings. The SMILES string of the molecule is CCc1ccccc1N(CC(=O)Nc1ccc(S(=O)(=O)Nc2ccc(Br)cc2)cc1)S(=O)(=O)c1ccccc1. The van der Waals surface area contributed by atoms with Crippen molar-refractivity contribution in [2.45, 2.75) is 23.1 Å². The lowest BCUT2D eigenvalue weighted by Crippen LogP contribution is -2.38. The second-order valence-corrected chi connectivity index (χ2v) is 13.0. The van der Waals surface area contributed by atoms with Crippen molar-refractivity contribution in [1.82, 2.24) is 0 Å². The first-order chi connectivity index (χ1) is 18.6. The van der Waals surface area contributed by atoms with Crippen LogP contribution in [0, 0.1) is 0 Å². The van der Waals surface area contributed by atoms with Crippen LogP contribution in [0.4, 0.5) is 17.1 Å². The van der Waals surface area contributed by atoms with Gasteiger partial charge in [0.05, 0.1) is 15.5 Å². The van der Waals surface area contributed by atoms with Crippen LogP contribution < -0.4 is 14.3 Å². The third-order valence-corrected chi connectivity index (χ3v) is 9.50. The molecular formula is C28H26BrN3O5S2. The maximum atomic E-state index is 13.6. The highest BCUT2D eigenvalue weighted by Gasteiger charge is 2.28. The maximum absolute atomic E-state index is 13.6. The Bertz CT molecular complexity index is 1660. The van der Waals surface area contributed by atoms with Gasteiger partial charge in [0.15, 0.2) is 0 Å². The Hall–Kier alpha value is -3.67. The smallest absolute Gasteiger partial charge is 0.264 e. The van der Waals surface area contributed by atoms with Gasteiger partial charge in [0.1, 0.15) is 6.54 Å². The fourth-order valence-electron chi connectivity index (χ4n) is 3.85. The van der Waals surface area contributed by atoms with Crippen LogP contribution in [0.25, 0.3) is 0 Å². The van der Waals surface area contributed by atoms with Crippen LogP contribution in [0.5, 0.6) is 0 Å². The van der Waals surface area contributed by atoms with Gasteiger partial charge in [0.2, 0.25) is 5.91 Å². The Labute approximate surface area is 236 Å². The molecule has 11 heteroatoms. The van der Waals surface area contributed by atoms with Gasteiger partial charge in [0, 0.05) is 15.8 Å². The number of carbonyl (C=O) groups excluding carboxylic acids is 1. The van der Waals surface area contributed by atoms with Gasteiger partial charge in [-0.1, -0.05) is 59.3 Å². The zero-order valence-electron chi connectivity index (χ0n) is 20.9. The quantitative estimate of drug-likeness (QED) is 0.236. The molecule has 0 radical (unpaired) electrons. The van der Waals surface area contributed by atoms with Gasteiger partial charge in [-0.3, -0.25) is 13.8 Å². The molecule has 202 valence electrons. The first-order valence-corrected chi connectivity index (χ1v) is 15.7. The number of aryl methyl sites for hydroxylation is 1. The van der Waals surface area contributed by atoms with Crippen molar-refractivity contribution in [1.29, 1.82) is 0 Å². The van der Waals surface area contributed by atoms with Gasteiger partial charge in [-0.15, -0.1) is 0 Å². The average Bonchev–Trinajstić information content (AvgIpc) is 2.93. The zero-order valence-corrected chi connectivity index (χ0v) is 24.1. The Morgan fingerprint density at radius 2 is 1.33 bits per heavy atom. The van der Waals surface area contributed by atoms with E-state index in [4.69, 9.17) is 0 Å². The van der Waals surface area contributed by atoms with Crippen molar-refractivity contribution in [3.63, 3.8) is 0 Å². The molecule has 0 atom stereocenters.